The van der Waals surface area contributed by atoms with Gasteiger partial charge in [0.25, 0.3) is 0 Å². The molecule has 0 aliphatic rings. The summed E-state index contributed by atoms with van der Waals surface area (Å²) in [7, 11) is 0. The predicted molar refractivity (Wildman–Crippen MR) is 252 cm³/mol. The summed E-state index contributed by atoms with van der Waals surface area (Å²) in [5.74, 6) is 0. The third kappa shape index (κ3) is 4.53. The SMILES string of the molecule is c1ccc(-c2ccc3c(c2)c2ccc4c(c5ccccc5n4-c4ccccc4)c2n3-c2ccc3sc4c(-c5cccc6sc7ccccc7c56)cccc4c3c2)cc1. The van der Waals surface area contributed by atoms with Gasteiger partial charge in [-0.2, -0.15) is 0 Å². The van der Waals surface area contributed by atoms with E-state index in [4.69, 9.17) is 0 Å². The molecule has 4 aromatic heterocycles. The van der Waals surface area contributed by atoms with Crippen LogP contribution in [0.3, 0.4) is 0 Å². The van der Waals surface area contributed by atoms with Crippen molar-refractivity contribution in [2.75, 3.05) is 0 Å². The van der Waals surface area contributed by atoms with Gasteiger partial charge in [0.2, 0.25) is 0 Å². The fraction of sp³-hybridized carbons (Fsp3) is 0. The van der Waals surface area contributed by atoms with E-state index < -0.39 is 0 Å². The first kappa shape index (κ1) is 32.1. The molecule has 0 unspecified atom stereocenters. The molecule has 4 heterocycles. The van der Waals surface area contributed by atoms with E-state index in [9.17, 15) is 0 Å². The van der Waals surface area contributed by atoms with Crippen molar-refractivity contribution in [3.05, 3.63) is 194 Å². The summed E-state index contributed by atoms with van der Waals surface area (Å²) >= 11 is 3.79. The van der Waals surface area contributed by atoms with Crippen LogP contribution in [0.5, 0.6) is 0 Å². The van der Waals surface area contributed by atoms with E-state index in [2.05, 4.69) is 203 Å². The van der Waals surface area contributed by atoms with Gasteiger partial charge in [-0.1, -0.05) is 127 Å². The molecule has 0 radical (unpaired) electrons. The van der Waals surface area contributed by atoms with E-state index in [0.29, 0.717) is 0 Å². The Morgan fingerprint density at radius 2 is 1.00 bits per heavy atom. The molecule has 0 spiro atoms. The summed E-state index contributed by atoms with van der Waals surface area (Å²) in [6.07, 6.45) is 0. The van der Waals surface area contributed by atoms with Crippen LogP contribution in [0.25, 0.3) is 118 Å². The molecule has 0 amide bonds. The van der Waals surface area contributed by atoms with E-state index in [-0.39, 0.29) is 0 Å². The molecule has 0 fully saturated rings. The topological polar surface area (TPSA) is 9.86 Å². The second-order valence-electron chi connectivity index (χ2n) is 15.2. The Kier molecular flexibility index (Phi) is 6.79. The minimum absolute atomic E-state index is 1.16. The highest BCUT2D eigenvalue weighted by Crippen LogP contribution is 2.47. The molecule has 270 valence electrons. The number of nitrogens with zero attached hydrogens (tertiary/aromatic N) is 2. The normalized spacial score (nSPS) is 12.1. The zero-order valence-electron chi connectivity index (χ0n) is 31.2. The van der Waals surface area contributed by atoms with Gasteiger partial charge >= 0.3 is 0 Å². The third-order valence-corrected chi connectivity index (χ3v) is 14.5. The number of hydrogen-bond donors (Lipinski definition) is 0. The lowest BCUT2D eigenvalue weighted by atomic mass is 9.98. The second-order valence-corrected chi connectivity index (χ2v) is 17.4. The zero-order chi connectivity index (χ0) is 37.9. The van der Waals surface area contributed by atoms with Crippen molar-refractivity contribution in [3.63, 3.8) is 0 Å². The quantitative estimate of drug-likeness (QED) is 0.169. The summed E-state index contributed by atoms with van der Waals surface area (Å²) in [5, 5.41) is 10.3. The zero-order valence-corrected chi connectivity index (χ0v) is 32.8. The number of benzene rings is 9. The van der Waals surface area contributed by atoms with Crippen molar-refractivity contribution in [1.82, 2.24) is 9.13 Å². The molecule has 0 saturated heterocycles. The molecule has 13 rings (SSSR count). The van der Waals surface area contributed by atoms with Crippen LogP contribution in [0.1, 0.15) is 0 Å². The fourth-order valence-electron chi connectivity index (χ4n) is 9.63. The van der Waals surface area contributed by atoms with Crippen molar-refractivity contribution >= 4 is 107 Å². The summed E-state index contributed by atoms with van der Waals surface area (Å²) in [6, 6.07) is 71.7. The Morgan fingerprint density at radius 3 is 1.90 bits per heavy atom. The van der Waals surface area contributed by atoms with Gasteiger partial charge in [-0.15, -0.1) is 22.7 Å². The van der Waals surface area contributed by atoms with E-state index in [1.165, 1.54) is 112 Å². The molecular formula is C54H32N2S2. The molecule has 13 aromatic rings. The average Bonchev–Trinajstić information content (AvgIpc) is 4.04. The molecule has 0 aliphatic heterocycles. The van der Waals surface area contributed by atoms with Crippen molar-refractivity contribution in [2.45, 2.75) is 0 Å². The summed E-state index contributed by atoms with van der Waals surface area (Å²) in [5.41, 5.74) is 12.2. The van der Waals surface area contributed by atoms with E-state index in [1.807, 2.05) is 22.7 Å². The van der Waals surface area contributed by atoms with Crippen LogP contribution in [-0.4, -0.2) is 9.13 Å². The maximum Gasteiger partial charge on any atom is 0.0641 e. The molecule has 58 heavy (non-hydrogen) atoms. The highest BCUT2D eigenvalue weighted by molar-refractivity contribution is 7.26. The number of thiophene rings is 2. The minimum Gasteiger partial charge on any atom is -0.309 e. The van der Waals surface area contributed by atoms with Crippen LogP contribution in [0, 0.1) is 0 Å². The van der Waals surface area contributed by atoms with Crippen LogP contribution >= 0.6 is 22.7 Å². The lowest BCUT2D eigenvalue weighted by Gasteiger charge is -2.11. The maximum absolute atomic E-state index is 2.54. The van der Waals surface area contributed by atoms with Gasteiger partial charge in [-0.05, 0) is 83.4 Å². The van der Waals surface area contributed by atoms with Crippen molar-refractivity contribution < 1.29 is 0 Å². The molecule has 0 saturated carbocycles. The van der Waals surface area contributed by atoms with Crippen LogP contribution in [-0.2, 0) is 0 Å². The van der Waals surface area contributed by atoms with Crippen LogP contribution < -0.4 is 0 Å². The van der Waals surface area contributed by atoms with E-state index in [0.717, 1.165) is 5.69 Å². The van der Waals surface area contributed by atoms with Gasteiger partial charge in [0, 0.05) is 78.8 Å². The van der Waals surface area contributed by atoms with Gasteiger partial charge in [0.15, 0.2) is 0 Å². The lowest BCUT2D eigenvalue weighted by molar-refractivity contribution is 1.18. The van der Waals surface area contributed by atoms with Gasteiger partial charge in [-0.3, -0.25) is 0 Å². The van der Waals surface area contributed by atoms with Crippen molar-refractivity contribution in [3.8, 4) is 33.6 Å². The first-order valence-corrected chi connectivity index (χ1v) is 21.4. The number of fused-ring (bicyclic) bond motifs is 13. The minimum atomic E-state index is 1.16. The predicted octanol–water partition coefficient (Wildman–Crippen LogP) is 16.0. The van der Waals surface area contributed by atoms with Crippen molar-refractivity contribution in [2.24, 2.45) is 0 Å². The van der Waals surface area contributed by atoms with Gasteiger partial charge in [-0.25, -0.2) is 0 Å². The summed E-state index contributed by atoms with van der Waals surface area (Å²) < 4.78 is 10.3. The molecular weight excluding hydrogens is 741 g/mol. The molecule has 0 bridgehead atoms. The molecule has 0 atom stereocenters. The Balaban J connectivity index is 1.11. The fourth-order valence-corrected chi connectivity index (χ4v) is 12.0. The van der Waals surface area contributed by atoms with Crippen LogP contribution in [0.15, 0.2) is 194 Å². The maximum atomic E-state index is 2.54. The summed E-state index contributed by atoms with van der Waals surface area (Å²) in [6.45, 7) is 0. The lowest BCUT2D eigenvalue weighted by Crippen LogP contribution is -1.95. The van der Waals surface area contributed by atoms with Gasteiger partial charge in [0.05, 0.1) is 22.1 Å². The average molecular weight is 773 g/mol. The Labute approximate surface area is 341 Å². The number of rotatable bonds is 4. The largest absolute Gasteiger partial charge is 0.309 e. The summed E-state index contributed by atoms with van der Waals surface area (Å²) in [4.78, 5) is 0. The standard InChI is InChI=1S/C54H32N2S2/c1-3-13-33(14-4-1)34-25-28-46-43(31-34)38-27-29-47-52(41-17-7-9-22-45(41)55(47)35-15-5-2-6-16-35)53(38)56(46)36-26-30-49-44(32-36)40-21-11-20-39(54(40)58-49)37-19-12-24-50-51(37)42-18-8-10-23-48(42)57-50/h1-32H. The van der Waals surface area contributed by atoms with Gasteiger partial charge in [0.1, 0.15) is 0 Å². The smallest absolute Gasteiger partial charge is 0.0641 e. The Morgan fingerprint density at radius 1 is 0.310 bits per heavy atom. The van der Waals surface area contributed by atoms with E-state index in [1.54, 1.807) is 0 Å². The van der Waals surface area contributed by atoms with Crippen LogP contribution in [0.4, 0.5) is 0 Å². The van der Waals surface area contributed by atoms with Crippen LogP contribution in [0.2, 0.25) is 0 Å². The molecule has 0 N–H and O–H groups in total. The Bertz CT molecular complexity index is 3790. The molecule has 2 nitrogen and oxygen atoms in total. The second kappa shape index (κ2) is 12.3. The first-order chi connectivity index (χ1) is 28.8. The van der Waals surface area contributed by atoms with E-state index >= 15 is 0 Å². The number of para-hydroxylation sites is 2. The van der Waals surface area contributed by atoms with Gasteiger partial charge < -0.3 is 9.13 Å². The molecule has 9 aromatic carbocycles. The Hall–Kier alpha value is -6.98. The highest BCUT2D eigenvalue weighted by atomic mass is 32.1. The highest BCUT2D eigenvalue weighted by Gasteiger charge is 2.22. The third-order valence-electron chi connectivity index (χ3n) is 12.1. The number of aromatic nitrogens is 2. The molecule has 4 heteroatoms. The number of hydrogen-bond acceptors (Lipinski definition) is 2. The monoisotopic (exact) mass is 772 g/mol. The van der Waals surface area contributed by atoms with Crippen molar-refractivity contribution in [1.29, 1.82) is 0 Å². The first-order valence-electron chi connectivity index (χ1n) is 19.8. The molecule has 0 aliphatic carbocycles.